The zero-order valence-corrected chi connectivity index (χ0v) is 13.2. The molecular formula is C17H27NO3. The maximum absolute atomic E-state index is 5.88. The fourth-order valence-corrected chi connectivity index (χ4v) is 2.62. The van der Waals surface area contributed by atoms with Gasteiger partial charge in [0.25, 0.3) is 0 Å². The topological polar surface area (TPSA) is 39.7 Å². The summed E-state index contributed by atoms with van der Waals surface area (Å²) in [6.07, 6.45) is 4.95. The SMILES string of the molecule is CCOc1cc(CNC)ccc1OCCCC1CCCO1. The average molecular weight is 293 g/mol. The number of hydrogen-bond donors (Lipinski definition) is 1. The molecule has 1 aromatic carbocycles. The quantitative estimate of drug-likeness (QED) is 0.710. The monoisotopic (exact) mass is 293 g/mol. The van der Waals surface area contributed by atoms with Gasteiger partial charge in [-0.25, -0.2) is 0 Å². The van der Waals surface area contributed by atoms with Gasteiger partial charge in [0.1, 0.15) is 0 Å². The van der Waals surface area contributed by atoms with Gasteiger partial charge >= 0.3 is 0 Å². The van der Waals surface area contributed by atoms with E-state index in [-0.39, 0.29) is 0 Å². The maximum atomic E-state index is 5.88. The average Bonchev–Trinajstić information content (AvgIpc) is 2.99. The smallest absolute Gasteiger partial charge is 0.161 e. The molecular weight excluding hydrogens is 266 g/mol. The molecule has 2 rings (SSSR count). The molecule has 4 nitrogen and oxygen atoms in total. The van der Waals surface area contributed by atoms with E-state index in [0.717, 1.165) is 37.5 Å². The van der Waals surface area contributed by atoms with Crippen LogP contribution in [0.4, 0.5) is 0 Å². The summed E-state index contributed by atoms with van der Waals surface area (Å²) in [6.45, 7) is 5.11. The molecule has 0 aromatic heterocycles. The molecule has 0 spiro atoms. The molecule has 0 saturated carbocycles. The van der Waals surface area contributed by atoms with Crippen molar-refractivity contribution < 1.29 is 14.2 Å². The zero-order chi connectivity index (χ0) is 14.9. The summed E-state index contributed by atoms with van der Waals surface area (Å²) in [7, 11) is 1.94. The number of ether oxygens (including phenoxy) is 3. The molecule has 0 radical (unpaired) electrons. The Bertz CT molecular complexity index is 416. The Morgan fingerprint density at radius 1 is 1.29 bits per heavy atom. The van der Waals surface area contributed by atoms with Crippen molar-refractivity contribution in [1.29, 1.82) is 0 Å². The lowest BCUT2D eigenvalue weighted by atomic mass is 10.1. The number of nitrogens with one attached hydrogen (secondary N) is 1. The van der Waals surface area contributed by atoms with Crippen LogP contribution in [0.25, 0.3) is 0 Å². The second kappa shape index (κ2) is 8.90. The second-order valence-electron chi connectivity index (χ2n) is 5.37. The molecule has 1 saturated heterocycles. The van der Waals surface area contributed by atoms with Gasteiger partial charge in [-0.15, -0.1) is 0 Å². The first-order chi connectivity index (χ1) is 10.3. The van der Waals surface area contributed by atoms with Crippen LogP contribution in [-0.4, -0.2) is 33.0 Å². The van der Waals surface area contributed by atoms with Crippen LogP contribution in [0.2, 0.25) is 0 Å². The van der Waals surface area contributed by atoms with Crippen LogP contribution in [0.5, 0.6) is 11.5 Å². The summed E-state index contributed by atoms with van der Waals surface area (Å²) in [5.74, 6) is 1.67. The fraction of sp³-hybridized carbons (Fsp3) is 0.647. The van der Waals surface area contributed by atoms with Gasteiger partial charge in [0.05, 0.1) is 19.3 Å². The van der Waals surface area contributed by atoms with Gasteiger partial charge in [0, 0.05) is 13.2 Å². The summed E-state index contributed by atoms with van der Waals surface area (Å²) in [5.41, 5.74) is 1.20. The van der Waals surface area contributed by atoms with E-state index in [1.165, 1.54) is 18.4 Å². The van der Waals surface area contributed by atoms with Gasteiger partial charge < -0.3 is 19.5 Å². The van der Waals surface area contributed by atoms with E-state index in [4.69, 9.17) is 14.2 Å². The van der Waals surface area contributed by atoms with Crippen molar-refractivity contribution in [3.05, 3.63) is 23.8 Å². The Morgan fingerprint density at radius 2 is 2.19 bits per heavy atom. The van der Waals surface area contributed by atoms with Crippen molar-refractivity contribution >= 4 is 0 Å². The van der Waals surface area contributed by atoms with Crippen LogP contribution in [0.3, 0.4) is 0 Å². The highest BCUT2D eigenvalue weighted by atomic mass is 16.5. The molecule has 118 valence electrons. The number of benzene rings is 1. The summed E-state index contributed by atoms with van der Waals surface area (Å²) >= 11 is 0. The Morgan fingerprint density at radius 3 is 2.90 bits per heavy atom. The molecule has 1 aliphatic rings. The number of hydrogen-bond acceptors (Lipinski definition) is 4. The third-order valence-electron chi connectivity index (χ3n) is 3.64. The highest BCUT2D eigenvalue weighted by Gasteiger charge is 2.15. The summed E-state index contributed by atoms with van der Waals surface area (Å²) in [5, 5.41) is 3.15. The van der Waals surface area contributed by atoms with Crippen molar-refractivity contribution in [2.24, 2.45) is 0 Å². The van der Waals surface area contributed by atoms with Gasteiger partial charge in [-0.1, -0.05) is 6.07 Å². The van der Waals surface area contributed by atoms with Crippen molar-refractivity contribution in [1.82, 2.24) is 5.32 Å². The minimum absolute atomic E-state index is 0.443. The Balaban J connectivity index is 1.82. The Hall–Kier alpha value is -1.26. The molecule has 1 fully saturated rings. The van der Waals surface area contributed by atoms with Crippen molar-refractivity contribution in [2.75, 3.05) is 26.9 Å². The molecule has 1 aliphatic heterocycles. The molecule has 0 amide bonds. The van der Waals surface area contributed by atoms with Gasteiger partial charge in [-0.3, -0.25) is 0 Å². The van der Waals surface area contributed by atoms with E-state index in [1.807, 2.05) is 20.0 Å². The Labute approximate surface area is 127 Å². The van der Waals surface area contributed by atoms with Crippen LogP contribution in [0.1, 0.15) is 38.2 Å². The summed E-state index contributed by atoms with van der Waals surface area (Å²) in [4.78, 5) is 0. The first-order valence-electron chi connectivity index (χ1n) is 7.98. The molecule has 1 N–H and O–H groups in total. The Kier molecular flexibility index (Phi) is 6.83. The van der Waals surface area contributed by atoms with E-state index in [0.29, 0.717) is 19.3 Å². The third kappa shape index (κ3) is 5.21. The van der Waals surface area contributed by atoms with Gasteiger partial charge in [-0.2, -0.15) is 0 Å². The lowest BCUT2D eigenvalue weighted by molar-refractivity contribution is 0.0979. The van der Waals surface area contributed by atoms with Crippen LogP contribution in [0, 0.1) is 0 Å². The van der Waals surface area contributed by atoms with E-state index in [9.17, 15) is 0 Å². The highest BCUT2D eigenvalue weighted by Crippen LogP contribution is 2.29. The standard InChI is InChI=1S/C17H27NO3/c1-3-19-17-12-14(13-18-2)8-9-16(17)21-11-5-7-15-6-4-10-20-15/h8-9,12,15,18H,3-7,10-11,13H2,1-2H3. The summed E-state index contributed by atoms with van der Waals surface area (Å²) < 4.78 is 17.2. The fourth-order valence-electron chi connectivity index (χ4n) is 2.62. The molecule has 0 aliphatic carbocycles. The molecule has 21 heavy (non-hydrogen) atoms. The van der Waals surface area contributed by atoms with Crippen molar-refractivity contribution in [2.45, 2.75) is 45.3 Å². The van der Waals surface area contributed by atoms with E-state index >= 15 is 0 Å². The lowest BCUT2D eigenvalue weighted by Crippen LogP contribution is -2.09. The van der Waals surface area contributed by atoms with Gasteiger partial charge in [-0.05, 0) is 57.4 Å². The maximum Gasteiger partial charge on any atom is 0.161 e. The minimum atomic E-state index is 0.443. The third-order valence-corrected chi connectivity index (χ3v) is 3.64. The molecule has 1 aromatic rings. The summed E-state index contributed by atoms with van der Waals surface area (Å²) in [6, 6.07) is 6.13. The van der Waals surface area contributed by atoms with Crippen LogP contribution >= 0.6 is 0 Å². The van der Waals surface area contributed by atoms with Crippen LogP contribution in [0.15, 0.2) is 18.2 Å². The molecule has 1 heterocycles. The van der Waals surface area contributed by atoms with Crippen molar-refractivity contribution in [3.8, 4) is 11.5 Å². The first kappa shape index (κ1) is 16.1. The molecule has 1 atom stereocenters. The minimum Gasteiger partial charge on any atom is -0.490 e. The van der Waals surface area contributed by atoms with E-state index < -0.39 is 0 Å². The predicted octanol–water partition coefficient (Wildman–Crippen LogP) is 3.14. The van der Waals surface area contributed by atoms with Gasteiger partial charge in [0.2, 0.25) is 0 Å². The second-order valence-corrected chi connectivity index (χ2v) is 5.37. The van der Waals surface area contributed by atoms with Gasteiger partial charge in [0.15, 0.2) is 11.5 Å². The van der Waals surface area contributed by atoms with E-state index in [2.05, 4.69) is 17.4 Å². The first-order valence-corrected chi connectivity index (χ1v) is 7.98. The predicted molar refractivity (Wildman–Crippen MR) is 84.1 cm³/mol. The highest BCUT2D eigenvalue weighted by molar-refractivity contribution is 5.43. The molecule has 0 bridgehead atoms. The van der Waals surface area contributed by atoms with Crippen LogP contribution < -0.4 is 14.8 Å². The van der Waals surface area contributed by atoms with Crippen LogP contribution in [-0.2, 0) is 11.3 Å². The zero-order valence-electron chi connectivity index (χ0n) is 13.2. The normalized spacial score (nSPS) is 17.9. The molecule has 4 heteroatoms. The number of rotatable bonds is 9. The van der Waals surface area contributed by atoms with E-state index in [1.54, 1.807) is 0 Å². The molecule has 1 unspecified atom stereocenters. The lowest BCUT2D eigenvalue weighted by Gasteiger charge is -2.14. The van der Waals surface area contributed by atoms with Crippen molar-refractivity contribution in [3.63, 3.8) is 0 Å². The largest absolute Gasteiger partial charge is 0.490 e.